The number of pyridine rings is 1. The number of rotatable bonds is 5. The molecule has 0 saturated heterocycles. The highest BCUT2D eigenvalue weighted by Gasteiger charge is 2.15. The molecule has 1 amide bonds. The average Bonchev–Trinajstić information content (AvgIpc) is 2.58. The van der Waals surface area contributed by atoms with Crippen molar-refractivity contribution in [3.8, 4) is 0 Å². The monoisotopic (exact) mass is 322 g/mol. The average molecular weight is 322 g/mol. The summed E-state index contributed by atoms with van der Waals surface area (Å²) in [6.07, 6.45) is 2.01. The topological polar surface area (TPSA) is 62.2 Å². The highest BCUT2D eigenvalue weighted by Crippen LogP contribution is 2.27. The first-order valence-corrected chi connectivity index (χ1v) is 8.29. The lowest BCUT2D eigenvalue weighted by atomic mass is 10.00. The largest absolute Gasteiger partial charge is 0.393 e. The molecule has 0 spiro atoms. The van der Waals surface area contributed by atoms with Crippen LogP contribution in [0.4, 0.5) is 0 Å². The molecule has 24 heavy (non-hydrogen) atoms. The van der Waals surface area contributed by atoms with Gasteiger partial charge in [0.2, 0.25) is 0 Å². The Morgan fingerprint density at radius 3 is 2.71 bits per heavy atom. The first kappa shape index (κ1) is 16.4. The normalized spacial score (nSPS) is 13.8. The van der Waals surface area contributed by atoms with Crippen molar-refractivity contribution in [2.24, 2.45) is 5.92 Å². The van der Waals surface area contributed by atoms with Crippen LogP contribution in [0.3, 0.4) is 0 Å². The van der Waals surface area contributed by atoms with Gasteiger partial charge >= 0.3 is 0 Å². The second-order valence-corrected chi connectivity index (χ2v) is 6.44. The molecule has 0 aliphatic carbocycles. The molecule has 2 unspecified atom stereocenters. The van der Waals surface area contributed by atoms with Crippen molar-refractivity contribution in [3.63, 3.8) is 0 Å². The molecule has 0 aliphatic rings. The third-order valence-corrected chi connectivity index (χ3v) is 4.21. The molecule has 2 N–H and O–H groups in total. The van der Waals surface area contributed by atoms with Gasteiger partial charge in [-0.3, -0.25) is 9.78 Å². The van der Waals surface area contributed by atoms with Crippen molar-refractivity contribution in [2.45, 2.75) is 26.4 Å². The van der Waals surface area contributed by atoms with Crippen LogP contribution in [0.15, 0.2) is 48.7 Å². The Morgan fingerprint density at radius 2 is 1.92 bits per heavy atom. The fourth-order valence-electron chi connectivity index (χ4n) is 3.13. The molecule has 4 nitrogen and oxygen atoms in total. The zero-order valence-electron chi connectivity index (χ0n) is 14.0. The van der Waals surface area contributed by atoms with Gasteiger partial charge in [-0.2, -0.15) is 0 Å². The Morgan fingerprint density at radius 1 is 1.17 bits per heavy atom. The summed E-state index contributed by atoms with van der Waals surface area (Å²) >= 11 is 0. The minimum Gasteiger partial charge on any atom is -0.393 e. The van der Waals surface area contributed by atoms with Crippen molar-refractivity contribution in [3.05, 3.63) is 54.2 Å². The van der Waals surface area contributed by atoms with E-state index in [4.69, 9.17) is 0 Å². The summed E-state index contributed by atoms with van der Waals surface area (Å²) in [6, 6.07) is 13.8. The number of benzene rings is 2. The van der Waals surface area contributed by atoms with Crippen LogP contribution >= 0.6 is 0 Å². The van der Waals surface area contributed by atoms with Crippen molar-refractivity contribution in [1.82, 2.24) is 10.3 Å². The molecular formula is C20H22N2O2. The maximum atomic E-state index is 12.7. The van der Waals surface area contributed by atoms with Gasteiger partial charge in [0.1, 0.15) is 0 Å². The van der Waals surface area contributed by atoms with Crippen molar-refractivity contribution < 1.29 is 9.90 Å². The number of carbonyl (C=O) groups is 1. The van der Waals surface area contributed by atoms with E-state index in [2.05, 4.69) is 10.3 Å². The van der Waals surface area contributed by atoms with Crippen molar-refractivity contribution >= 4 is 27.6 Å². The maximum Gasteiger partial charge on any atom is 0.253 e. The van der Waals surface area contributed by atoms with Crippen LogP contribution in [0.5, 0.6) is 0 Å². The molecule has 2 aromatic carbocycles. The van der Waals surface area contributed by atoms with E-state index < -0.39 is 0 Å². The second-order valence-electron chi connectivity index (χ2n) is 6.44. The SMILES string of the molecule is CC(O)CC(C)CNC(=O)c1cc2ccccc2c2cccnc12. The van der Waals surface area contributed by atoms with Gasteiger partial charge in [0.25, 0.3) is 5.91 Å². The number of aliphatic hydroxyl groups is 1. The molecule has 4 heteroatoms. The van der Waals surface area contributed by atoms with Gasteiger partial charge in [0, 0.05) is 18.1 Å². The zero-order valence-corrected chi connectivity index (χ0v) is 14.0. The fourth-order valence-corrected chi connectivity index (χ4v) is 3.13. The van der Waals surface area contributed by atoms with Gasteiger partial charge in [-0.1, -0.05) is 37.3 Å². The maximum absolute atomic E-state index is 12.7. The summed E-state index contributed by atoms with van der Waals surface area (Å²) in [5.74, 6) is 0.0931. The summed E-state index contributed by atoms with van der Waals surface area (Å²) < 4.78 is 0. The van der Waals surface area contributed by atoms with Crippen LogP contribution in [0, 0.1) is 5.92 Å². The Labute approximate surface area is 141 Å². The Bertz CT molecular complexity index is 874. The second kappa shape index (κ2) is 6.97. The standard InChI is InChI=1S/C20H22N2O2/c1-13(10-14(2)23)12-22-20(24)18-11-15-6-3-4-7-16(15)17-8-5-9-21-19(17)18/h3-9,11,13-14,23H,10,12H2,1-2H3,(H,22,24). The molecular weight excluding hydrogens is 300 g/mol. The van der Waals surface area contributed by atoms with E-state index in [-0.39, 0.29) is 17.9 Å². The van der Waals surface area contributed by atoms with E-state index in [1.165, 1.54) is 0 Å². The first-order chi connectivity index (χ1) is 11.6. The van der Waals surface area contributed by atoms with Crippen LogP contribution in [-0.4, -0.2) is 28.6 Å². The molecule has 1 heterocycles. The van der Waals surface area contributed by atoms with Gasteiger partial charge in [0.15, 0.2) is 0 Å². The number of nitrogens with one attached hydrogen (secondary N) is 1. The third kappa shape index (κ3) is 3.39. The lowest BCUT2D eigenvalue weighted by molar-refractivity contribution is 0.0941. The predicted molar refractivity (Wildman–Crippen MR) is 97.0 cm³/mol. The number of aromatic nitrogens is 1. The Kier molecular flexibility index (Phi) is 4.76. The molecule has 1 aromatic heterocycles. The van der Waals surface area contributed by atoms with E-state index in [9.17, 15) is 9.90 Å². The van der Waals surface area contributed by atoms with E-state index in [1.807, 2.05) is 49.4 Å². The summed E-state index contributed by atoms with van der Waals surface area (Å²) in [5.41, 5.74) is 1.31. The minimum atomic E-state index is -0.361. The molecule has 0 fully saturated rings. The fraction of sp³-hybridized carbons (Fsp3) is 0.300. The minimum absolute atomic E-state index is 0.123. The van der Waals surface area contributed by atoms with Gasteiger partial charge in [0.05, 0.1) is 17.2 Å². The molecule has 0 radical (unpaired) electrons. The molecule has 124 valence electrons. The van der Waals surface area contributed by atoms with E-state index >= 15 is 0 Å². The molecule has 3 rings (SSSR count). The molecule has 2 atom stereocenters. The number of amides is 1. The van der Waals surface area contributed by atoms with E-state index in [0.717, 1.165) is 21.7 Å². The number of carbonyl (C=O) groups excluding carboxylic acids is 1. The molecule has 0 aliphatic heterocycles. The van der Waals surface area contributed by atoms with Gasteiger partial charge in [-0.25, -0.2) is 0 Å². The predicted octanol–water partition coefficient (Wildman–Crippen LogP) is 3.52. The van der Waals surface area contributed by atoms with E-state index in [1.54, 1.807) is 13.1 Å². The van der Waals surface area contributed by atoms with Gasteiger partial charge in [-0.05, 0) is 42.2 Å². The summed E-state index contributed by atoms with van der Waals surface area (Å²) in [5, 5.41) is 15.5. The number of nitrogens with zero attached hydrogens (tertiary/aromatic N) is 1. The lowest BCUT2D eigenvalue weighted by Crippen LogP contribution is -2.29. The number of hydrogen-bond donors (Lipinski definition) is 2. The van der Waals surface area contributed by atoms with E-state index in [0.29, 0.717) is 18.5 Å². The van der Waals surface area contributed by atoms with Gasteiger partial charge < -0.3 is 10.4 Å². The molecule has 0 saturated carbocycles. The van der Waals surface area contributed by atoms with Crippen LogP contribution < -0.4 is 5.32 Å². The summed E-state index contributed by atoms with van der Waals surface area (Å²) in [4.78, 5) is 17.1. The van der Waals surface area contributed by atoms with Crippen LogP contribution in [0.2, 0.25) is 0 Å². The molecule has 3 aromatic rings. The van der Waals surface area contributed by atoms with Gasteiger partial charge in [-0.15, -0.1) is 0 Å². The number of fused-ring (bicyclic) bond motifs is 3. The van der Waals surface area contributed by atoms with Crippen LogP contribution in [-0.2, 0) is 0 Å². The first-order valence-electron chi connectivity index (χ1n) is 8.29. The highest BCUT2D eigenvalue weighted by molar-refractivity contribution is 6.15. The highest BCUT2D eigenvalue weighted by atomic mass is 16.3. The Balaban J connectivity index is 1.94. The van der Waals surface area contributed by atoms with Crippen LogP contribution in [0.25, 0.3) is 21.7 Å². The zero-order chi connectivity index (χ0) is 17.1. The quantitative estimate of drug-likeness (QED) is 0.706. The smallest absolute Gasteiger partial charge is 0.253 e. The molecule has 0 bridgehead atoms. The number of aliphatic hydroxyl groups excluding tert-OH is 1. The summed E-state index contributed by atoms with van der Waals surface area (Å²) in [7, 11) is 0. The number of hydrogen-bond acceptors (Lipinski definition) is 3. The van der Waals surface area contributed by atoms with Crippen LogP contribution in [0.1, 0.15) is 30.6 Å². The lowest BCUT2D eigenvalue weighted by Gasteiger charge is -2.15. The Hall–Kier alpha value is -2.46. The summed E-state index contributed by atoms with van der Waals surface area (Å²) in [6.45, 7) is 4.31. The van der Waals surface area contributed by atoms with Crippen molar-refractivity contribution in [2.75, 3.05) is 6.54 Å². The third-order valence-electron chi connectivity index (χ3n) is 4.21. The van der Waals surface area contributed by atoms with Crippen molar-refractivity contribution in [1.29, 1.82) is 0 Å².